The largest absolute Gasteiger partial charge is 0.316 e. The second kappa shape index (κ2) is 7.08. The lowest BCUT2D eigenvalue weighted by Gasteiger charge is -2.33. The first kappa shape index (κ1) is 17.9. The molecular weight excluding hydrogens is 452 g/mol. The monoisotopic (exact) mass is 468 g/mol. The van der Waals surface area contributed by atoms with Crippen LogP contribution in [0.1, 0.15) is 0 Å². The van der Waals surface area contributed by atoms with Crippen molar-refractivity contribution < 1.29 is 0 Å². The number of hydrogen-bond donors (Lipinski definition) is 0. The van der Waals surface area contributed by atoms with Gasteiger partial charge in [0.2, 0.25) is 0 Å². The van der Waals surface area contributed by atoms with E-state index in [0.29, 0.717) is 0 Å². The smallest absolute Gasteiger partial charge is 0.0623 e. The van der Waals surface area contributed by atoms with Crippen LogP contribution in [0.4, 0.5) is 17.1 Å². The third-order valence-corrected chi connectivity index (χ3v) is 7.25. The van der Waals surface area contributed by atoms with Crippen molar-refractivity contribution in [3.8, 4) is 5.69 Å². The molecule has 1 aromatic heterocycles. The molecule has 1 aliphatic heterocycles. The second-order valence-corrected chi connectivity index (χ2v) is 9.19. The first-order valence-corrected chi connectivity index (χ1v) is 11.4. The number of halogens is 1. The summed E-state index contributed by atoms with van der Waals surface area (Å²) < 4.78 is 3.34. The lowest BCUT2D eigenvalue weighted by molar-refractivity contribution is 1.12. The Hall–Kier alpha value is -2.95. The van der Waals surface area contributed by atoms with E-state index in [2.05, 4.69) is 129 Å². The van der Waals surface area contributed by atoms with E-state index in [1.54, 1.807) is 0 Å². The number of rotatable bonds is 2. The minimum atomic E-state index is 1.08. The van der Waals surface area contributed by atoms with Crippen molar-refractivity contribution in [3.63, 3.8) is 0 Å². The van der Waals surface area contributed by atoms with E-state index in [0.717, 1.165) is 10.2 Å². The highest BCUT2D eigenvalue weighted by Gasteiger charge is 2.26. The molecule has 0 amide bonds. The normalized spacial score (nSPS) is 12.6. The molecule has 6 rings (SSSR count). The predicted molar refractivity (Wildman–Crippen MR) is 130 cm³/mol. The fourth-order valence-electron chi connectivity index (χ4n) is 4.09. The number of nitrogens with zero attached hydrogens (tertiary/aromatic N) is 2. The molecule has 2 nitrogen and oxygen atoms in total. The molecule has 0 unspecified atom stereocenters. The van der Waals surface area contributed by atoms with Crippen molar-refractivity contribution in [1.82, 2.24) is 4.57 Å². The van der Waals surface area contributed by atoms with Crippen molar-refractivity contribution in [2.45, 2.75) is 9.79 Å². The van der Waals surface area contributed by atoms with Crippen LogP contribution in [0.5, 0.6) is 0 Å². The maximum absolute atomic E-state index is 3.78. The molecule has 2 heterocycles. The SMILES string of the molecule is Brc1ccccc1N1c2ccccc2Sc2cc3ccn(-c4ccccc4)c3cc21. The first-order chi connectivity index (χ1) is 14.8. The number of fused-ring (bicyclic) bond motifs is 3. The summed E-state index contributed by atoms with van der Waals surface area (Å²) in [5, 5.41) is 1.25. The van der Waals surface area contributed by atoms with Gasteiger partial charge in [-0.15, -0.1) is 0 Å². The van der Waals surface area contributed by atoms with Crippen LogP contribution in [0, 0.1) is 0 Å². The predicted octanol–water partition coefficient (Wildman–Crippen LogP) is 8.33. The summed E-state index contributed by atoms with van der Waals surface area (Å²) in [5.41, 5.74) is 5.93. The first-order valence-electron chi connectivity index (χ1n) is 9.82. The Balaban J connectivity index is 1.63. The number of benzene rings is 4. The average Bonchev–Trinajstić information content (AvgIpc) is 3.20. The van der Waals surface area contributed by atoms with Crippen molar-refractivity contribution in [1.29, 1.82) is 0 Å². The molecule has 0 radical (unpaired) electrons. The van der Waals surface area contributed by atoms with Crippen LogP contribution in [-0.4, -0.2) is 4.57 Å². The van der Waals surface area contributed by atoms with Gasteiger partial charge >= 0.3 is 0 Å². The van der Waals surface area contributed by atoms with Gasteiger partial charge in [0.05, 0.1) is 22.6 Å². The number of hydrogen-bond acceptors (Lipinski definition) is 2. The molecule has 1 aliphatic rings. The van der Waals surface area contributed by atoms with Crippen LogP contribution < -0.4 is 4.90 Å². The Morgan fingerprint density at radius 1 is 0.633 bits per heavy atom. The Morgan fingerprint density at radius 3 is 2.20 bits per heavy atom. The summed E-state index contributed by atoms with van der Waals surface area (Å²) in [6.45, 7) is 0. The molecule has 30 heavy (non-hydrogen) atoms. The fourth-order valence-corrected chi connectivity index (χ4v) is 5.64. The van der Waals surface area contributed by atoms with Gasteiger partial charge in [0, 0.05) is 31.5 Å². The molecule has 0 saturated carbocycles. The third kappa shape index (κ3) is 2.79. The van der Waals surface area contributed by atoms with Gasteiger partial charge in [0.1, 0.15) is 0 Å². The highest BCUT2D eigenvalue weighted by molar-refractivity contribution is 9.10. The Labute approximate surface area is 187 Å². The molecule has 0 saturated heterocycles. The maximum Gasteiger partial charge on any atom is 0.0623 e. The van der Waals surface area contributed by atoms with E-state index in [-0.39, 0.29) is 0 Å². The summed E-state index contributed by atoms with van der Waals surface area (Å²) in [7, 11) is 0. The Bertz CT molecular complexity index is 1380. The average molecular weight is 469 g/mol. The Morgan fingerprint density at radius 2 is 1.37 bits per heavy atom. The molecule has 144 valence electrons. The quantitative estimate of drug-likeness (QED) is 0.252. The van der Waals surface area contributed by atoms with Crippen molar-refractivity contribution >= 4 is 55.7 Å². The lowest BCUT2D eigenvalue weighted by Crippen LogP contribution is -2.15. The fraction of sp³-hybridized carbons (Fsp3) is 0. The molecule has 0 fully saturated rings. The van der Waals surface area contributed by atoms with Crippen LogP contribution >= 0.6 is 27.7 Å². The van der Waals surface area contributed by atoms with E-state index in [1.807, 2.05) is 11.8 Å². The molecule has 5 aromatic rings. The van der Waals surface area contributed by atoms with Gasteiger partial charge in [0.25, 0.3) is 0 Å². The molecule has 0 bridgehead atoms. The molecular formula is C26H17BrN2S. The standard InChI is InChI=1S/C26H17BrN2S/c27-20-10-4-5-11-21(20)29-22-12-6-7-13-25(22)30-26-16-18-14-15-28(23(18)17-24(26)29)19-8-2-1-3-9-19/h1-17H. The topological polar surface area (TPSA) is 8.17 Å². The summed E-state index contributed by atoms with van der Waals surface area (Å²) in [6.07, 6.45) is 2.16. The van der Waals surface area contributed by atoms with Crippen LogP contribution in [0.2, 0.25) is 0 Å². The molecule has 0 atom stereocenters. The molecule has 0 spiro atoms. The van der Waals surface area contributed by atoms with Crippen LogP contribution in [0.25, 0.3) is 16.6 Å². The van der Waals surface area contributed by atoms with Gasteiger partial charge in [-0.25, -0.2) is 0 Å². The summed E-state index contributed by atoms with van der Waals surface area (Å²) in [6, 6.07) is 34.4. The van der Waals surface area contributed by atoms with Crippen LogP contribution in [-0.2, 0) is 0 Å². The summed E-state index contributed by atoms with van der Waals surface area (Å²) in [4.78, 5) is 4.90. The van der Waals surface area contributed by atoms with Crippen molar-refractivity contribution in [3.05, 3.63) is 108 Å². The van der Waals surface area contributed by atoms with Gasteiger partial charge < -0.3 is 9.47 Å². The highest BCUT2D eigenvalue weighted by atomic mass is 79.9. The van der Waals surface area contributed by atoms with Crippen LogP contribution in [0.15, 0.2) is 118 Å². The third-order valence-electron chi connectivity index (χ3n) is 5.47. The van der Waals surface area contributed by atoms with Gasteiger partial charge in [-0.05, 0) is 70.5 Å². The van der Waals surface area contributed by atoms with Crippen molar-refractivity contribution in [2.75, 3.05) is 4.90 Å². The maximum atomic E-state index is 3.78. The zero-order valence-electron chi connectivity index (χ0n) is 16.0. The zero-order chi connectivity index (χ0) is 20.1. The van der Waals surface area contributed by atoms with Gasteiger partial charge in [-0.3, -0.25) is 0 Å². The van der Waals surface area contributed by atoms with E-state index >= 15 is 0 Å². The van der Waals surface area contributed by atoms with Crippen LogP contribution in [0.3, 0.4) is 0 Å². The molecule has 4 heteroatoms. The molecule has 0 N–H and O–H groups in total. The lowest BCUT2D eigenvalue weighted by atomic mass is 10.1. The molecule has 0 aliphatic carbocycles. The summed E-state index contributed by atoms with van der Waals surface area (Å²) >= 11 is 5.62. The van der Waals surface area contributed by atoms with Gasteiger partial charge in [-0.2, -0.15) is 0 Å². The Kier molecular flexibility index (Phi) is 4.22. The number of aromatic nitrogens is 1. The zero-order valence-corrected chi connectivity index (χ0v) is 18.4. The number of para-hydroxylation sites is 3. The highest BCUT2D eigenvalue weighted by Crippen LogP contribution is 2.53. The number of anilines is 3. The minimum absolute atomic E-state index is 1.08. The molecule has 4 aromatic carbocycles. The van der Waals surface area contributed by atoms with Crippen molar-refractivity contribution in [2.24, 2.45) is 0 Å². The van der Waals surface area contributed by atoms with E-state index in [1.165, 1.54) is 37.8 Å². The van der Waals surface area contributed by atoms with Gasteiger partial charge in [0.15, 0.2) is 0 Å². The van der Waals surface area contributed by atoms with E-state index in [4.69, 9.17) is 0 Å². The summed E-state index contributed by atoms with van der Waals surface area (Å²) in [5.74, 6) is 0. The van der Waals surface area contributed by atoms with E-state index < -0.39 is 0 Å². The minimum Gasteiger partial charge on any atom is -0.316 e. The second-order valence-electron chi connectivity index (χ2n) is 7.26. The van der Waals surface area contributed by atoms with Gasteiger partial charge in [-0.1, -0.05) is 54.2 Å². The van der Waals surface area contributed by atoms with E-state index in [9.17, 15) is 0 Å².